The molecule has 1 aliphatic carbocycles. The van der Waals surface area contributed by atoms with Crippen LogP contribution in [0.3, 0.4) is 0 Å². The quantitative estimate of drug-likeness (QED) is 0.799. The first-order valence-electron chi connectivity index (χ1n) is 10.0. The van der Waals surface area contributed by atoms with E-state index in [4.69, 9.17) is 9.72 Å². The standard InChI is InChI=1S/C19H35N5O2/c1-13(2)24-19(21-18(22-24)12-26-4)14-5-6-17(25)16(11-14)20-15-7-9-23(3)10-8-15/h13-17,20,25H,5-12H2,1-4H3/t14-,16+,17+/m0/s1. The second kappa shape index (κ2) is 8.78. The van der Waals surface area contributed by atoms with Crippen molar-refractivity contribution in [2.75, 3.05) is 27.2 Å². The monoisotopic (exact) mass is 365 g/mol. The summed E-state index contributed by atoms with van der Waals surface area (Å²) in [5.41, 5.74) is 0. The molecule has 1 saturated heterocycles. The number of aliphatic hydroxyl groups excluding tert-OH is 1. The van der Waals surface area contributed by atoms with Gasteiger partial charge in [-0.2, -0.15) is 5.10 Å². The van der Waals surface area contributed by atoms with Crippen LogP contribution >= 0.6 is 0 Å². The number of hydrogen-bond donors (Lipinski definition) is 2. The predicted octanol–water partition coefficient (Wildman–Crippen LogP) is 1.69. The molecule has 26 heavy (non-hydrogen) atoms. The number of nitrogens with zero attached hydrogens (tertiary/aromatic N) is 4. The Balaban J connectivity index is 1.69. The van der Waals surface area contributed by atoms with Crippen LogP contribution < -0.4 is 5.32 Å². The lowest BCUT2D eigenvalue weighted by Crippen LogP contribution is -2.51. The molecule has 2 N–H and O–H groups in total. The van der Waals surface area contributed by atoms with Crippen molar-refractivity contribution < 1.29 is 9.84 Å². The lowest BCUT2D eigenvalue weighted by atomic mass is 9.82. The molecule has 0 aromatic carbocycles. The van der Waals surface area contributed by atoms with Crippen LogP contribution in [0, 0.1) is 0 Å². The van der Waals surface area contributed by atoms with E-state index in [0.29, 0.717) is 18.6 Å². The van der Waals surface area contributed by atoms with E-state index in [1.165, 1.54) is 0 Å². The minimum Gasteiger partial charge on any atom is -0.392 e. The van der Waals surface area contributed by atoms with E-state index in [0.717, 1.165) is 56.8 Å². The lowest BCUT2D eigenvalue weighted by Gasteiger charge is -2.38. The van der Waals surface area contributed by atoms with Crippen LogP contribution in [0.4, 0.5) is 0 Å². The average molecular weight is 366 g/mol. The smallest absolute Gasteiger partial charge is 0.176 e. The number of hydrogen-bond acceptors (Lipinski definition) is 6. The number of nitrogens with one attached hydrogen (secondary N) is 1. The minimum absolute atomic E-state index is 0.144. The molecule has 7 nitrogen and oxygen atoms in total. The molecule has 2 heterocycles. The largest absolute Gasteiger partial charge is 0.392 e. The third kappa shape index (κ3) is 4.63. The van der Waals surface area contributed by atoms with E-state index in [1.807, 2.05) is 4.68 Å². The van der Waals surface area contributed by atoms with Gasteiger partial charge >= 0.3 is 0 Å². The molecule has 7 heteroatoms. The van der Waals surface area contributed by atoms with E-state index < -0.39 is 0 Å². The highest BCUT2D eigenvalue weighted by atomic mass is 16.5. The molecule has 3 atom stereocenters. The average Bonchev–Trinajstić information content (AvgIpc) is 3.03. The van der Waals surface area contributed by atoms with Crippen molar-refractivity contribution in [3.05, 3.63) is 11.6 Å². The number of likely N-dealkylation sites (tertiary alicyclic amines) is 1. The van der Waals surface area contributed by atoms with E-state index >= 15 is 0 Å². The topological polar surface area (TPSA) is 75.4 Å². The molecule has 2 aliphatic rings. The zero-order chi connectivity index (χ0) is 18.7. The number of piperidine rings is 1. The molecule has 0 unspecified atom stereocenters. The Bertz CT molecular complexity index is 568. The Hall–Kier alpha value is -1.02. The molecule has 1 aliphatic heterocycles. The van der Waals surface area contributed by atoms with Crippen molar-refractivity contribution in [2.45, 2.75) is 82.7 Å². The van der Waals surface area contributed by atoms with Gasteiger partial charge in [0, 0.05) is 31.2 Å². The Morgan fingerprint density at radius 3 is 2.62 bits per heavy atom. The first-order valence-corrected chi connectivity index (χ1v) is 10.0. The van der Waals surface area contributed by atoms with Gasteiger partial charge in [0.05, 0.1) is 6.10 Å². The molecule has 1 saturated carbocycles. The fraction of sp³-hybridized carbons (Fsp3) is 0.895. The van der Waals surface area contributed by atoms with E-state index in [2.05, 4.69) is 36.2 Å². The van der Waals surface area contributed by atoms with Crippen LogP contribution in [0.1, 0.15) is 69.6 Å². The fourth-order valence-corrected chi connectivity index (χ4v) is 4.28. The van der Waals surface area contributed by atoms with E-state index in [9.17, 15) is 5.11 Å². The van der Waals surface area contributed by atoms with Gasteiger partial charge < -0.3 is 20.1 Å². The van der Waals surface area contributed by atoms with Crippen LogP contribution in [0.15, 0.2) is 0 Å². The zero-order valence-electron chi connectivity index (χ0n) is 16.7. The van der Waals surface area contributed by atoms with Crippen molar-refractivity contribution in [1.82, 2.24) is 25.0 Å². The van der Waals surface area contributed by atoms with Gasteiger partial charge in [-0.05, 0) is 66.1 Å². The normalized spacial score (nSPS) is 28.8. The molecule has 1 aromatic rings. The third-order valence-electron chi connectivity index (χ3n) is 5.81. The van der Waals surface area contributed by atoms with Crippen LogP contribution in [0.5, 0.6) is 0 Å². The highest BCUT2D eigenvalue weighted by molar-refractivity contribution is 5.06. The van der Waals surface area contributed by atoms with Crippen LogP contribution in [0.25, 0.3) is 0 Å². The Morgan fingerprint density at radius 2 is 1.96 bits per heavy atom. The van der Waals surface area contributed by atoms with Gasteiger partial charge in [-0.3, -0.25) is 0 Å². The summed E-state index contributed by atoms with van der Waals surface area (Å²) in [6.45, 7) is 6.98. The van der Waals surface area contributed by atoms with Gasteiger partial charge in [-0.1, -0.05) is 0 Å². The summed E-state index contributed by atoms with van der Waals surface area (Å²) < 4.78 is 7.26. The first-order chi connectivity index (χ1) is 12.5. The molecular weight excluding hydrogens is 330 g/mol. The summed E-state index contributed by atoms with van der Waals surface area (Å²) in [6, 6.07) is 0.928. The molecule has 1 aromatic heterocycles. The molecule has 0 bridgehead atoms. The van der Waals surface area contributed by atoms with E-state index in [1.54, 1.807) is 7.11 Å². The van der Waals surface area contributed by atoms with Gasteiger partial charge in [0.25, 0.3) is 0 Å². The molecule has 148 valence electrons. The van der Waals surface area contributed by atoms with Gasteiger partial charge in [0.1, 0.15) is 12.4 Å². The van der Waals surface area contributed by atoms with Gasteiger partial charge in [0.2, 0.25) is 0 Å². The Kier molecular flexibility index (Phi) is 6.66. The highest BCUT2D eigenvalue weighted by Gasteiger charge is 2.34. The number of aliphatic hydroxyl groups is 1. The number of ether oxygens (including phenoxy) is 1. The molecule has 0 radical (unpaired) electrons. The lowest BCUT2D eigenvalue weighted by molar-refractivity contribution is 0.0691. The molecule has 0 spiro atoms. The van der Waals surface area contributed by atoms with Crippen molar-refractivity contribution in [3.8, 4) is 0 Å². The maximum atomic E-state index is 10.5. The van der Waals surface area contributed by atoms with Crippen LogP contribution in [0.2, 0.25) is 0 Å². The summed E-state index contributed by atoms with van der Waals surface area (Å²) in [4.78, 5) is 7.15. The summed E-state index contributed by atoms with van der Waals surface area (Å²) >= 11 is 0. The molecule has 2 fully saturated rings. The Labute approximate surface area is 157 Å². The first kappa shape index (κ1) is 19.7. The third-order valence-corrected chi connectivity index (χ3v) is 5.81. The van der Waals surface area contributed by atoms with Crippen LogP contribution in [-0.4, -0.2) is 70.2 Å². The summed E-state index contributed by atoms with van der Waals surface area (Å²) in [7, 11) is 3.85. The van der Waals surface area contributed by atoms with Crippen molar-refractivity contribution in [1.29, 1.82) is 0 Å². The van der Waals surface area contributed by atoms with Crippen molar-refractivity contribution in [2.24, 2.45) is 0 Å². The fourth-order valence-electron chi connectivity index (χ4n) is 4.28. The maximum Gasteiger partial charge on any atom is 0.176 e. The maximum absolute atomic E-state index is 10.5. The van der Waals surface area contributed by atoms with Crippen LogP contribution in [-0.2, 0) is 11.3 Å². The van der Waals surface area contributed by atoms with E-state index in [-0.39, 0.29) is 18.2 Å². The highest BCUT2D eigenvalue weighted by Crippen LogP contribution is 2.34. The van der Waals surface area contributed by atoms with Crippen molar-refractivity contribution >= 4 is 0 Å². The number of methoxy groups -OCH3 is 1. The zero-order valence-corrected chi connectivity index (χ0v) is 16.7. The summed E-state index contributed by atoms with van der Waals surface area (Å²) in [5.74, 6) is 2.14. The van der Waals surface area contributed by atoms with Gasteiger partial charge in [0.15, 0.2) is 5.82 Å². The number of rotatable bonds is 6. The SMILES string of the molecule is COCc1nc([C@H]2CC[C@@H](O)[C@H](NC3CCN(C)CC3)C2)n(C(C)C)n1. The molecular formula is C19H35N5O2. The number of aromatic nitrogens is 3. The summed E-state index contributed by atoms with van der Waals surface area (Å²) in [6.07, 6.45) is 4.75. The molecule has 0 amide bonds. The second-order valence-corrected chi connectivity index (χ2v) is 8.29. The van der Waals surface area contributed by atoms with Crippen molar-refractivity contribution in [3.63, 3.8) is 0 Å². The minimum atomic E-state index is -0.264. The molecule has 3 rings (SSSR count). The van der Waals surface area contributed by atoms with Gasteiger partial charge in [-0.25, -0.2) is 9.67 Å². The summed E-state index contributed by atoms with van der Waals surface area (Å²) in [5, 5.41) is 18.9. The Morgan fingerprint density at radius 1 is 1.23 bits per heavy atom. The van der Waals surface area contributed by atoms with Gasteiger partial charge in [-0.15, -0.1) is 0 Å². The predicted molar refractivity (Wildman–Crippen MR) is 101 cm³/mol. The second-order valence-electron chi connectivity index (χ2n) is 8.29.